The summed E-state index contributed by atoms with van der Waals surface area (Å²) in [7, 11) is 0. The second-order valence-electron chi connectivity index (χ2n) is 7.13. The van der Waals surface area contributed by atoms with Crippen molar-refractivity contribution in [1.82, 2.24) is 5.32 Å². The van der Waals surface area contributed by atoms with Crippen LogP contribution in [0.1, 0.15) is 63.4 Å². The van der Waals surface area contributed by atoms with Crippen molar-refractivity contribution >= 4 is 28.2 Å². The largest absolute Gasteiger partial charge is 0.352 e. The van der Waals surface area contributed by atoms with Crippen molar-refractivity contribution in [3.63, 3.8) is 0 Å². The van der Waals surface area contributed by atoms with Gasteiger partial charge in [0.05, 0.1) is 5.56 Å². The summed E-state index contributed by atoms with van der Waals surface area (Å²) in [6, 6.07) is 7.48. The number of benzene rings is 1. The van der Waals surface area contributed by atoms with E-state index in [0.717, 1.165) is 36.8 Å². The van der Waals surface area contributed by atoms with E-state index in [2.05, 4.69) is 17.6 Å². The molecule has 1 unspecified atom stereocenters. The number of aryl methyl sites for hydroxylation is 1. The van der Waals surface area contributed by atoms with Crippen LogP contribution in [0.15, 0.2) is 24.3 Å². The van der Waals surface area contributed by atoms with E-state index in [1.807, 2.05) is 38.1 Å². The van der Waals surface area contributed by atoms with E-state index in [1.54, 1.807) is 11.3 Å². The molecule has 0 saturated heterocycles. The smallest absolute Gasteiger partial charge is 0.256 e. The number of anilines is 1. The number of fused-ring (bicyclic) bond motifs is 1. The fourth-order valence-electron chi connectivity index (χ4n) is 3.29. The SMILES string of the molecule is CCCNC(=O)c1c(NC(=O)c2ccc(C)cc2)sc2c1CCC(C)C2. The molecule has 0 saturated carbocycles. The van der Waals surface area contributed by atoms with E-state index in [9.17, 15) is 9.59 Å². The van der Waals surface area contributed by atoms with Gasteiger partial charge in [0.15, 0.2) is 0 Å². The Labute approximate surface area is 159 Å². The van der Waals surface area contributed by atoms with Gasteiger partial charge in [-0.05, 0) is 56.2 Å². The van der Waals surface area contributed by atoms with Crippen LogP contribution in [0.5, 0.6) is 0 Å². The molecule has 1 aromatic heterocycles. The first-order valence-electron chi connectivity index (χ1n) is 9.30. The van der Waals surface area contributed by atoms with Gasteiger partial charge in [0.25, 0.3) is 11.8 Å². The quantitative estimate of drug-likeness (QED) is 0.810. The van der Waals surface area contributed by atoms with Gasteiger partial charge in [-0.25, -0.2) is 0 Å². The number of nitrogens with one attached hydrogen (secondary N) is 2. The second-order valence-corrected chi connectivity index (χ2v) is 8.24. The Morgan fingerprint density at radius 2 is 1.92 bits per heavy atom. The zero-order valence-electron chi connectivity index (χ0n) is 15.6. The molecular formula is C21H26N2O2S. The maximum absolute atomic E-state index is 12.7. The van der Waals surface area contributed by atoms with Crippen molar-refractivity contribution in [2.75, 3.05) is 11.9 Å². The summed E-state index contributed by atoms with van der Waals surface area (Å²) in [4.78, 5) is 26.6. The molecular weight excluding hydrogens is 344 g/mol. The Kier molecular flexibility index (Phi) is 5.77. The molecule has 0 aliphatic heterocycles. The maximum Gasteiger partial charge on any atom is 0.256 e. The van der Waals surface area contributed by atoms with E-state index in [1.165, 1.54) is 4.88 Å². The highest BCUT2D eigenvalue weighted by atomic mass is 32.1. The van der Waals surface area contributed by atoms with E-state index in [0.29, 0.717) is 28.6 Å². The van der Waals surface area contributed by atoms with E-state index in [-0.39, 0.29) is 11.8 Å². The molecule has 3 rings (SSSR count). The first-order valence-corrected chi connectivity index (χ1v) is 10.1. The number of carbonyl (C=O) groups excluding carboxylic acids is 2. The standard InChI is InChI=1S/C21H26N2O2S/c1-4-11-22-20(25)18-16-10-7-14(3)12-17(16)26-21(18)23-19(24)15-8-5-13(2)6-9-15/h5-6,8-9,14H,4,7,10-12H2,1-3H3,(H,22,25)(H,23,24). The van der Waals surface area contributed by atoms with Crippen LogP contribution in [-0.2, 0) is 12.8 Å². The van der Waals surface area contributed by atoms with Gasteiger partial charge in [-0.2, -0.15) is 0 Å². The minimum absolute atomic E-state index is 0.0712. The molecule has 138 valence electrons. The Morgan fingerprint density at radius 1 is 1.19 bits per heavy atom. The summed E-state index contributed by atoms with van der Waals surface area (Å²) in [6.45, 7) is 6.91. The van der Waals surface area contributed by atoms with Gasteiger partial charge >= 0.3 is 0 Å². The molecule has 1 atom stereocenters. The van der Waals surface area contributed by atoms with Gasteiger partial charge < -0.3 is 10.6 Å². The average molecular weight is 371 g/mol. The molecule has 1 aromatic carbocycles. The van der Waals surface area contributed by atoms with E-state index < -0.39 is 0 Å². The summed E-state index contributed by atoms with van der Waals surface area (Å²) in [5.41, 5.74) is 3.52. The molecule has 2 amide bonds. The lowest BCUT2D eigenvalue weighted by atomic mass is 9.88. The zero-order chi connectivity index (χ0) is 18.7. The van der Waals surface area contributed by atoms with Crippen LogP contribution in [0.3, 0.4) is 0 Å². The number of amides is 2. The van der Waals surface area contributed by atoms with Crippen LogP contribution in [-0.4, -0.2) is 18.4 Å². The minimum atomic E-state index is -0.166. The third-order valence-corrected chi connectivity index (χ3v) is 5.98. The van der Waals surface area contributed by atoms with Gasteiger partial charge in [-0.1, -0.05) is 31.5 Å². The van der Waals surface area contributed by atoms with E-state index in [4.69, 9.17) is 0 Å². The summed E-state index contributed by atoms with van der Waals surface area (Å²) < 4.78 is 0. The van der Waals surface area contributed by atoms with Crippen molar-refractivity contribution in [3.8, 4) is 0 Å². The normalized spacial score (nSPS) is 16.0. The fraction of sp³-hybridized carbons (Fsp3) is 0.429. The molecule has 26 heavy (non-hydrogen) atoms. The van der Waals surface area contributed by atoms with Crippen molar-refractivity contribution in [2.24, 2.45) is 5.92 Å². The molecule has 4 nitrogen and oxygen atoms in total. The third kappa shape index (κ3) is 3.98. The third-order valence-electron chi connectivity index (χ3n) is 4.82. The van der Waals surface area contributed by atoms with Crippen LogP contribution < -0.4 is 10.6 Å². The molecule has 0 radical (unpaired) electrons. The van der Waals surface area contributed by atoms with Crippen LogP contribution in [0, 0.1) is 12.8 Å². The van der Waals surface area contributed by atoms with Crippen molar-refractivity contribution < 1.29 is 9.59 Å². The Morgan fingerprint density at radius 3 is 2.62 bits per heavy atom. The predicted molar refractivity (Wildman–Crippen MR) is 107 cm³/mol. The summed E-state index contributed by atoms with van der Waals surface area (Å²) in [5.74, 6) is 0.382. The highest BCUT2D eigenvalue weighted by Gasteiger charge is 2.28. The van der Waals surface area contributed by atoms with Crippen molar-refractivity contribution in [1.29, 1.82) is 0 Å². The zero-order valence-corrected chi connectivity index (χ0v) is 16.5. The number of hydrogen-bond donors (Lipinski definition) is 2. The molecule has 0 fully saturated rings. The van der Waals surface area contributed by atoms with Gasteiger partial charge in [-0.3, -0.25) is 9.59 Å². The van der Waals surface area contributed by atoms with Gasteiger partial charge in [0, 0.05) is 17.0 Å². The highest BCUT2D eigenvalue weighted by Crippen LogP contribution is 2.39. The second kappa shape index (κ2) is 8.04. The summed E-state index contributed by atoms with van der Waals surface area (Å²) in [5, 5.41) is 6.65. The van der Waals surface area contributed by atoms with Crippen LogP contribution in [0.2, 0.25) is 0 Å². The molecule has 1 heterocycles. The van der Waals surface area contributed by atoms with Crippen LogP contribution >= 0.6 is 11.3 Å². The number of thiophene rings is 1. The molecule has 1 aliphatic carbocycles. The van der Waals surface area contributed by atoms with Gasteiger partial charge in [-0.15, -0.1) is 11.3 Å². The topological polar surface area (TPSA) is 58.2 Å². The Hall–Kier alpha value is -2.14. The predicted octanol–water partition coefficient (Wildman–Crippen LogP) is 4.57. The Bertz CT molecular complexity index is 808. The molecule has 2 aromatic rings. The first-order chi connectivity index (χ1) is 12.5. The van der Waals surface area contributed by atoms with Crippen molar-refractivity contribution in [2.45, 2.75) is 46.5 Å². The molecule has 0 bridgehead atoms. The van der Waals surface area contributed by atoms with Crippen molar-refractivity contribution in [3.05, 3.63) is 51.4 Å². The number of rotatable bonds is 5. The summed E-state index contributed by atoms with van der Waals surface area (Å²) in [6.07, 6.45) is 3.86. The lowest BCUT2D eigenvalue weighted by Crippen LogP contribution is -2.26. The molecule has 5 heteroatoms. The van der Waals surface area contributed by atoms with Gasteiger partial charge in [0.2, 0.25) is 0 Å². The molecule has 1 aliphatic rings. The number of carbonyl (C=O) groups is 2. The average Bonchev–Trinajstić information content (AvgIpc) is 2.97. The fourth-order valence-corrected chi connectivity index (χ4v) is 4.69. The van der Waals surface area contributed by atoms with Crippen LogP contribution in [0.25, 0.3) is 0 Å². The summed E-state index contributed by atoms with van der Waals surface area (Å²) >= 11 is 1.56. The lowest BCUT2D eigenvalue weighted by molar-refractivity contribution is 0.0953. The molecule has 2 N–H and O–H groups in total. The highest BCUT2D eigenvalue weighted by molar-refractivity contribution is 7.17. The van der Waals surface area contributed by atoms with Crippen LogP contribution in [0.4, 0.5) is 5.00 Å². The lowest BCUT2D eigenvalue weighted by Gasteiger charge is -2.18. The Balaban J connectivity index is 1.91. The maximum atomic E-state index is 12.7. The monoisotopic (exact) mass is 370 g/mol. The minimum Gasteiger partial charge on any atom is -0.352 e. The first kappa shape index (κ1) is 18.6. The number of hydrogen-bond acceptors (Lipinski definition) is 3. The molecule has 0 spiro atoms. The van der Waals surface area contributed by atoms with Gasteiger partial charge in [0.1, 0.15) is 5.00 Å². The van der Waals surface area contributed by atoms with E-state index >= 15 is 0 Å².